The average molecular weight is 331 g/mol. The molecule has 22 heavy (non-hydrogen) atoms. The molecule has 1 fully saturated rings. The minimum Gasteiger partial charge on any atom is -0.379 e. The number of benzene rings is 1. The van der Waals surface area contributed by atoms with E-state index in [1.54, 1.807) is 0 Å². The quantitative estimate of drug-likeness (QED) is 0.934. The second-order valence-electron chi connectivity index (χ2n) is 5.08. The number of rotatable bonds is 4. The normalized spacial score (nSPS) is 17.0. The van der Waals surface area contributed by atoms with Crippen molar-refractivity contribution in [1.29, 1.82) is 0 Å². The van der Waals surface area contributed by atoms with E-state index in [0.29, 0.717) is 17.2 Å². The van der Waals surface area contributed by atoms with Crippen molar-refractivity contribution >= 4 is 26.7 Å². The SMILES string of the molecule is FC(F)(F)c1ccc2sc(NCCN3CCOCC3)nc2c1. The average Bonchev–Trinajstić information content (AvgIpc) is 2.89. The van der Waals surface area contributed by atoms with Gasteiger partial charge in [0.05, 0.1) is 29.0 Å². The fourth-order valence-electron chi connectivity index (χ4n) is 2.33. The van der Waals surface area contributed by atoms with Crippen LogP contribution in [0.2, 0.25) is 0 Å². The van der Waals surface area contributed by atoms with Gasteiger partial charge < -0.3 is 10.1 Å². The molecule has 3 rings (SSSR count). The third kappa shape index (κ3) is 3.68. The number of hydrogen-bond acceptors (Lipinski definition) is 5. The third-order valence-electron chi connectivity index (χ3n) is 3.52. The van der Waals surface area contributed by atoms with Crippen LogP contribution in [0.5, 0.6) is 0 Å². The van der Waals surface area contributed by atoms with Gasteiger partial charge in [0.15, 0.2) is 5.13 Å². The van der Waals surface area contributed by atoms with Crippen LogP contribution >= 0.6 is 11.3 Å². The van der Waals surface area contributed by atoms with Crippen LogP contribution in [-0.2, 0) is 10.9 Å². The molecule has 1 aromatic carbocycles. The van der Waals surface area contributed by atoms with Crippen LogP contribution in [0.4, 0.5) is 18.3 Å². The molecular formula is C14H16F3N3OS. The Morgan fingerprint density at radius 2 is 2.05 bits per heavy atom. The van der Waals surface area contributed by atoms with Crippen LogP contribution in [0.25, 0.3) is 10.2 Å². The van der Waals surface area contributed by atoms with Gasteiger partial charge in [-0.1, -0.05) is 11.3 Å². The van der Waals surface area contributed by atoms with E-state index in [0.717, 1.165) is 49.7 Å². The maximum absolute atomic E-state index is 12.7. The molecule has 0 atom stereocenters. The van der Waals surface area contributed by atoms with Crippen molar-refractivity contribution in [3.05, 3.63) is 23.8 Å². The Kier molecular flexibility index (Phi) is 4.51. The highest BCUT2D eigenvalue weighted by Gasteiger charge is 2.30. The van der Waals surface area contributed by atoms with Gasteiger partial charge in [0, 0.05) is 26.2 Å². The van der Waals surface area contributed by atoms with Gasteiger partial charge in [0.1, 0.15) is 0 Å². The molecule has 8 heteroatoms. The van der Waals surface area contributed by atoms with E-state index < -0.39 is 11.7 Å². The fourth-order valence-corrected chi connectivity index (χ4v) is 3.20. The maximum atomic E-state index is 12.7. The molecule has 120 valence electrons. The number of anilines is 1. The summed E-state index contributed by atoms with van der Waals surface area (Å²) >= 11 is 1.37. The van der Waals surface area contributed by atoms with E-state index in [-0.39, 0.29) is 0 Å². The first-order valence-corrected chi connectivity index (χ1v) is 7.86. The van der Waals surface area contributed by atoms with Gasteiger partial charge in [-0.2, -0.15) is 13.2 Å². The summed E-state index contributed by atoms with van der Waals surface area (Å²) in [6.45, 7) is 4.91. The summed E-state index contributed by atoms with van der Waals surface area (Å²) in [6, 6.07) is 3.67. The molecule has 1 aromatic heterocycles. The summed E-state index contributed by atoms with van der Waals surface area (Å²) in [5.74, 6) is 0. The molecule has 1 aliphatic rings. The zero-order chi connectivity index (χ0) is 15.6. The Morgan fingerprint density at radius 1 is 1.27 bits per heavy atom. The first kappa shape index (κ1) is 15.5. The Hall–Kier alpha value is -1.38. The van der Waals surface area contributed by atoms with Crippen molar-refractivity contribution in [2.75, 3.05) is 44.7 Å². The van der Waals surface area contributed by atoms with E-state index in [9.17, 15) is 13.2 Å². The van der Waals surface area contributed by atoms with Crippen molar-refractivity contribution in [1.82, 2.24) is 9.88 Å². The lowest BCUT2D eigenvalue weighted by Gasteiger charge is -2.26. The maximum Gasteiger partial charge on any atom is 0.416 e. The lowest BCUT2D eigenvalue weighted by Crippen LogP contribution is -2.38. The summed E-state index contributed by atoms with van der Waals surface area (Å²) in [5, 5.41) is 3.84. The van der Waals surface area contributed by atoms with Crippen molar-refractivity contribution in [3.63, 3.8) is 0 Å². The number of hydrogen-bond donors (Lipinski definition) is 1. The highest BCUT2D eigenvalue weighted by molar-refractivity contribution is 7.22. The number of aromatic nitrogens is 1. The van der Waals surface area contributed by atoms with Crippen LogP contribution in [0.15, 0.2) is 18.2 Å². The molecule has 1 N–H and O–H groups in total. The summed E-state index contributed by atoms with van der Waals surface area (Å²) in [4.78, 5) is 6.52. The minimum absolute atomic E-state index is 0.383. The van der Waals surface area contributed by atoms with Crippen LogP contribution in [0, 0.1) is 0 Å². The second-order valence-corrected chi connectivity index (χ2v) is 6.11. The topological polar surface area (TPSA) is 37.4 Å². The van der Waals surface area contributed by atoms with E-state index in [4.69, 9.17) is 4.74 Å². The summed E-state index contributed by atoms with van der Waals surface area (Å²) < 4.78 is 44.1. The van der Waals surface area contributed by atoms with Crippen LogP contribution in [0.1, 0.15) is 5.56 Å². The van der Waals surface area contributed by atoms with Crippen LogP contribution in [-0.4, -0.2) is 49.3 Å². The number of nitrogens with zero attached hydrogens (tertiary/aromatic N) is 2. The number of thiazole rings is 1. The number of halogens is 3. The molecule has 0 bridgehead atoms. The predicted octanol–water partition coefficient (Wildman–Crippen LogP) is 3.06. The first-order chi connectivity index (χ1) is 10.5. The highest BCUT2D eigenvalue weighted by atomic mass is 32.1. The lowest BCUT2D eigenvalue weighted by molar-refractivity contribution is -0.137. The van der Waals surface area contributed by atoms with Gasteiger partial charge in [-0.3, -0.25) is 4.90 Å². The van der Waals surface area contributed by atoms with Gasteiger partial charge in [-0.25, -0.2) is 4.98 Å². The molecule has 4 nitrogen and oxygen atoms in total. The molecular weight excluding hydrogens is 315 g/mol. The van der Waals surface area contributed by atoms with E-state index in [2.05, 4.69) is 15.2 Å². The zero-order valence-electron chi connectivity index (χ0n) is 11.8. The number of alkyl halides is 3. The number of fused-ring (bicyclic) bond motifs is 1. The van der Waals surface area contributed by atoms with E-state index in [1.807, 2.05) is 0 Å². The Morgan fingerprint density at radius 3 is 2.77 bits per heavy atom. The van der Waals surface area contributed by atoms with Crippen molar-refractivity contribution in [2.24, 2.45) is 0 Å². The number of nitrogens with one attached hydrogen (secondary N) is 1. The number of ether oxygens (including phenoxy) is 1. The Labute approximate surface area is 129 Å². The van der Waals surface area contributed by atoms with E-state index in [1.165, 1.54) is 17.4 Å². The predicted molar refractivity (Wildman–Crippen MR) is 80.4 cm³/mol. The summed E-state index contributed by atoms with van der Waals surface area (Å²) in [6.07, 6.45) is -4.33. The van der Waals surface area contributed by atoms with Crippen molar-refractivity contribution in [2.45, 2.75) is 6.18 Å². The second kappa shape index (κ2) is 6.39. The Bertz CT molecular complexity index is 638. The van der Waals surface area contributed by atoms with Gasteiger partial charge in [-0.05, 0) is 18.2 Å². The first-order valence-electron chi connectivity index (χ1n) is 7.04. The molecule has 0 radical (unpaired) electrons. The molecule has 1 saturated heterocycles. The molecule has 0 amide bonds. The third-order valence-corrected chi connectivity index (χ3v) is 4.52. The summed E-state index contributed by atoms with van der Waals surface area (Å²) in [7, 11) is 0. The smallest absolute Gasteiger partial charge is 0.379 e. The molecule has 2 heterocycles. The molecule has 0 saturated carbocycles. The number of morpholine rings is 1. The van der Waals surface area contributed by atoms with E-state index >= 15 is 0 Å². The van der Waals surface area contributed by atoms with Gasteiger partial charge in [0.2, 0.25) is 0 Å². The fraction of sp³-hybridized carbons (Fsp3) is 0.500. The van der Waals surface area contributed by atoms with Gasteiger partial charge >= 0.3 is 6.18 Å². The standard InChI is InChI=1S/C14H16F3N3OS/c15-14(16,17)10-1-2-12-11(9-10)19-13(22-12)18-3-4-20-5-7-21-8-6-20/h1-2,9H,3-8H2,(H,18,19). The minimum atomic E-state index is -4.33. The zero-order valence-corrected chi connectivity index (χ0v) is 12.6. The van der Waals surface area contributed by atoms with Crippen LogP contribution < -0.4 is 5.32 Å². The molecule has 0 aliphatic carbocycles. The highest BCUT2D eigenvalue weighted by Crippen LogP contribution is 2.33. The lowest BCUT2D eigenvalue weighted by atomic mass is 10.2. The molecule has 0 unspecified atom stereocenters. The molecule has 1 aliphatic heterocycles. The molecule has 0 spiro atoms. The Balaban J connectivity index is 1.62. The molecule has 2 aromatic rings. The largest absolute Gasteiger partial charge is 0.416 e. The van der Waals surface area contributed by atoms with Crippen molar-refractivity contribution < 1.29 is 17.9 Å². The van der Waals surface area contributed by atoms with Gasteiger partial charge in [0.25, 0.3) is 0 Å². The van der Waals surface area contributed by atoms with Gasteiger partial charge in [-0.15, -0.1) is 0 Å². The van der Waals surface area contributed by atoms with Crippen molar-refractivity contribution in [3.8, 4) is 0 Å². The summed E-state index contributed by atoms with van der Waals surface area (Å²) in [5.41, 5.74) is -0.279. The monoisotopic (exact) mass is 331 g/mol. The van der Waals surface area contributed by atoms with Crippen LogP contribution in [0.3, 0.4) is 0 Å².